The average Bonchev–Trinajstić information content (AvgIpc) is 2.16. The van der Waals surface area contributed by atoms with Crippen LogP contribution in [0.5, 0.6) is 0 Å². The Kier molecular flexibility index (Phi) is 7.26. The van der Waals surface area contributed by atoms with Crippen molar-refractivity contribution in [2.45, 2.75) is 38.6 Å². The molecule has 16 heavy (non-hydrogen) atoms. The first kappa shape index (κ1) is 15.3. The van der Waals surface area contributed by atoms with Gasteiger partial charge in [0.2, 0.25) is 0 Å². The van der Waals surface area contributed by atoms with E-state index >= 15 is 0 Å². The van der Waals surface area contributed by atoms with E-state index in [2.05, 4.69) is 6.92 Å². The molecule has 1 aromatic carbocycles. The van der Waals surface area contributed by atoms with Gasteiger partial charge in [0, 0.05) is 12.1 Å². The van der Waals surface area contributed by atoms with Crippen LogP contribution in [0.15, 0.2) is 18.2 Å². The Morgan fingerprint density at radius 2 is 1.69 bits per heavy atom. The van der Waals surface area contributed by atoms with Crippen molar-refractivity contribution in [3.05, 3.63) is 35.4 Å². The standard InChI is InChI=1S/C12H17F2N.ClH/c1-2-3-4-5-12(15)9-6-10(13)8-11(14)7-9;/h6-8,12H,2-5,15H2,1H3;1H/t12-;/m0./s1. The van der Waals surface area contributed by atoms with Gasteiger partial charge in [-0.05, 0) is 24.1 Å². The third-order valence-corrected chi connectivity index (χ3v) is 2.43. The molecule has 0 amide bonds. The molecule has 0 spiro atoms. The van der Waals surface area contributed by atoms with Crippen LogP contribution in [0, 0.1) is 11.6 Å². The number of nitrogens with two attached hydrogens (primary N) is 1. The van der Waals surface area contributed by atoms with E-state index < -0.39 is 11.6 Å². The molecule has 1 rings (SSSR count). The minimum Gasteiger partial charge on any atom is -0.324 e. The maximum atomic E-state index is 12.9. The van der Waals surface area contributed by atoms with Crippen molar-refractivity contribution in [1.29, 1.82) is 0 Å². The van der Waals surface area contributed by atoms with E-state index in [-0.39, 0.29) is 18.4 Å². The topological polar surface area (TPSA) is 26.0 Å². The third-order valence-electron chi connectivity index (χ3n) is 2.43. The van der Waals surface area contributed by atoms with Crippen molar-refractivity contribution < 1.29 is 8.78 Å². The lowest BCUT2D eigenvalue weighted by Gasteiger charge is -2.11. The van der Waals surface area contributed by atoms with E-state index in [0.29, 0.717) is 5.56 Å². The lowest BCUT2D eigenvalue weighted by atomic mass is 10.0. The molecular weight excluding hydrogens is 232 g/mol. The van der Waals surface area contributed by atoms with Crippen LogP contribution in [0.3, 0.4) is 0 Å². The monoisotopic (exact) mass is 249 g/mol. The van der Waals surface area contributed by atoms with E-state index in [4.69, 9.17) is 5.73 Å². The largest absolute Gasteiger partial charge is 0.324 e. The fraction of sp³-hybridized carbons (Fsp3) is 0.500. The minimum absolute atomic E-state index is 0. The van der Waals surface area contributed by atoms with Crippen LogP contribution in [-0.4, -0.2) is 0 Å². The Labute approximate surface area is 101 Å². The van der Waals surface area contributed by atoms with Gasteiger partial charge in [0.15, 0.2) is 0 Å². The van der Waals surface area contributed by atoms with Gasteiger partial charge < -0.3 is 5.73 Å². The van der Waals surface area contributed by atoms with Crippen molar-refractivity contribution in [3.63, 3.8) is 0 Å². The summed E-state index contributed by atoms with van der Waals surface area (Å²) < 4.78 is 25.8. The second-order valence-corrected chi connectivity index (χ2v) is 3.81. The molecule has 92 valence electrons. The molecule has 0 unspecified atom stereocenters. The molecule has 1 atom stereocenters. The smallest absolute Gasteiger partial charge is 0.126 e. The lowest BCUT2D eigenvalue weighted by molar-refractivity contribution is 0.552. The van der Waals surface area contributed by atoms with Crippen LogP contribution in [-0.2, 0) is 0 Å². The van der Waals surface area contributed by atoms with Crippen LogP contribution in [0.25, 0.3) is 0 Å². The zero-order valence-electron chi connectivity index (χ0n) is 9.38. The molecule has 1 aromatic rings. The molecule has 0 saturated carbocycles. The number of rotatable bonds is 5. The number of halogens is 3. The molecular formula is C12H18ClF2N. The molecule has 0 aliphatic rings. The highest BCUT2D eigenvalue weighted by atomic mass is 35.5. The highest BCUT2D eigenvalue weighted by Crippen LogP contribution is 2.19. The molecule has 1 nitrogen and oxygen atoms in total. The van der Waals surface area contributed by atoms with Gasteiger partial charge in [0.05, 0.1) is 0 Å². The molecule has 0 heterocycles. The van der Waals surface area contributed by atoms with Crippen LogP contribution >= 0.6 is 12.4 Å². The fourth-order valence-electron chi connectivity index (χ4n) is 1.57. The predicted molar refractivity (Wildman–Crippen MR) is 64.7 cm³/mol. The third kappa shape index (κ3) is 4.90. The molecule has 4 heteroatoms. The van der Waals surface area contributed by atoms with Crippen LogP contribution < -0.4 is 5.73 Å². The zero-order chi connectivity index (χ0) is 11.3. The van der Waals surface area contributed by atoms with Gasteiger partial charge in [-0.15, -0.1) is 12.4 Å². The summed E-state index contributed by atoms with van der Waals surface area (Å²) in [5.74, 6) is -1.12. The lowest BCUT2D eigenvalue weighted by Crippen LogP contribution is -2.10. The Balaban J connectivity index is 0.00000225. The highest BCUT2D eigenvalue weighted by Gasteiger charge is 2.08. The van der Waals surface area contributed by atoms with Gasteiger partial charge >= 0.3 is 0 Å². The SMILES string of the molecule is CCCCC[C@H](N)c1cc(F)cc(F)c1.Cl. The number of benzene rings is 1. The van der Waals surface area contributed by atoms with Crippen LogP contribution in [0.1, 0.15) is 44.2 Å². The normalized spacial score (nSPS) is 12.0. The zero-order valence-corrected chi connectivity index (χ0v) is 10.2. The van der Waals surface area contributed by atoms with E-state index in [1.165, 1.54) is 12.1 Å². The molecule has 0 aliphatic heterocycles. The molecule has 0 saturated heterocycles. The van der Waals surface area contributed by atoms with Gasteiger partial charge in [-0.2, -0.15) is 0 Å². The average molecular weight is 250 g/mol. The van der Waals surface area contributed by atoms with Crippen molar-refractivity contribution in [2.24, 2.45) is 5.73 Å². The van der Waals surface area contributed by atoms with E-state index in [1.807, 2.05) is 0 Å². The van der Waals surface area contributed by atoms with Crippen molar-refractivity contribution in [2.75, 3.05) is 0 Å². The molecule has 0 aromatic heterocycles. The first-order valence-corrected chi connectivity index (χ1v) is 5.35. The van der Waals surface area contributed by atoms with Crippen molar-refractivity contribution in [3.8, 4) is 0 Å². The van der Waals surface area contributed by atoms with E-state index in [1.54, 1.807) is 0 Å². The quantitative estimate of drug-likeness (QED) is 0.786. The fourth-order valence-corrected chi connectivity index (χ4v) is 1.57. The first-order chi connectivity index (χ1) is 7.13. The summed E-state index contributed by atoms with van der Waals surface area (Å²) in [6, 6.07) is 3.21. The van der Waals surface area contributed by atoms with Gasteiger partial charge in [-0.1, -0.05) is 26.2 Å². The number of hydrogen-bond donors (Lipinski definition) is 1. The summed E-state index contributed by atoms with van der Waals surface area (Å²) in [6.45, 7) is 2.10. The summed E-state index contributed by atoms with van der Waals surface area (Å²) in [5.41, 5.74) is 6.39. The molecule has 0 aliphatic carbocycles. The summed E-state index contributed by atoms with van der Waals surface area (Å²) >= 11 is 0. The number of unbranched alkanes of at least 4 members (excludes halogenated alkanes) is 2. The first-order valence-electron chi connectivity index (χ1n) is 5.35. The Bertz CT molecular complexity index is 298. The summed E-state index contributed by atoms with van der Waals surface area (Å²) in [7, 11) is 0. The summed E-state index contributed by atoms with van der Waals surface area (Å²) in [5, 5.41) is 0. The Morgan fingerprint density at radius 3 is 2.19 bits per heavy atom. The van der Waals surface area contributed by atoms with Crippen LogP contribution in [0.4, 0.5) is 8.78 Å². The molecule has 2 N–H and O–H groups in total. The summed E-state index contributed by atoms with van der Waals surface area (Å²) in [6.07, 6.45) is 3.99. The second-order valence-electron chi connectivity index (χ2n) is 3.81. The molecule has 0 fully saturated rings. The van der Waals surface area contributed by atoms with Crippen molar-refractivity contribution in [1.82, 2.24) is 0 Å². The second kappa shape index (κ2) is 7.58. The Morgan fingerprint density at radius 1 is 1.12 bits per heavy atom. The van der Waals surface area contributed by atoms with Crippen LogP contribution in [0.2, 0.25) is 0 Å². The maximum Gasteiger partial charge on any atom is 0.126 e. The van der Waals surface area contributed by atoms with E-state index in [9.17, 15) is 8.78 Å². The Hall–Kier alpha value is -0.670. The minimum atomic E-state index is -0.559. The molecule has 0 radical (unpaired) electrons. The van der Waals surface area contributed by atoms with Gasteiger partial charge in [-0.3, -0.25) is 0 Å². The molecule has 0 bridgehead atoms. The van der Waals surface area contributed by atoms with Crippen molar-refractivity contribution >= 4 is 12.4 Å². The maximum absolute atomic E-state index is 12.9. The highest BCUT2D eigenvalue weighted by molar-refractivity contribution is 5.85. The summed E-state index contributed by atoms with van der Waals surface area (Å²) in [4.78, 5) is 0. The van der Waals surface area contributed by atoms with E-state index in [0.717, 1.165) is 31.7 Å². The number of hydrogen-bond acceptors (Lipinski definition) is 1. The van der Waals surface area contributed by atoms with Gasteiger partial charge in [-0.25, -0.2) is 8.78 Å². The van der Waals surface area contributed by atoms with Gasteiger partial charge in [0.25, 0.3) is 0 Å². The van der Waals surface area contributed by atoms with Gasteiger partial charge in [0.1, 0.15) is 11.6 Å². The predicted octanol–water partition coefficient (Wildman–Crippen LogP) is 3.97.